The topological polar surface area (TPSA) is 65.4 Å². The zero-order valence-corrected chi connectivity index (χ0v) is 17.1. The largest absolute Gasteiger partial charge is 0.490 e. The molecule has 29 heavy (non-hydrogen) atoms. The molecule has 0 aliphatic heterocycles. The van der Waals surface area contributed by atoms with Crippen LogP contribution >= 0.6 is 11.6 Å². The molecule has 0 saturated heterocycles. The van der Waals surface area contributed by atoms with E-state index in [1.807, 2.05) is 26.0 Å². The third-order valence-corrected chi connectivity index (χ3v) is 4.91. The minimum atomic E-state index is -2.77. The second-order valence-corrected chi connectivity index (χ2v) is 7.12. The molecule has 1 saturated carbocycles. The summed E-state index contributed by atoms with van der Waals surface area (Å²) in [5.74, 6) is 1.01. The van der Waals surface area contributed by atoms with Gasteiger partial charge in [0.05, 0.1) is 23.9 Å². The maximum absolute atomic E-state index is 13.1. The summed E-state index contributed by atoms with van der Waals surface area (Å²) in [7, 11) is 0. The average molecular weight is 428 g/mol. The SMILES string of the molecule is CCOc1ccc(CNC(=O)Cn2nc(C(F)F)c(Cl)c2C2CC2)cc1OCC. The van der Waals surface area contributed by atoms with Gasteiger partial charge in [-0.05, 0) is 44.4 Å². The Bertz CT molecular complexity index is 869. The number of rotatable bonds is 10. The van der Waals surface area contributed by atoms with Crippen molar-refractivity contribution in [3.05, 3.63) is 40.2 Å². The number of nitrogens with zero attached hydrogens (tertiary/aromatic N) is 2. The molecule has 0 atom stereocenters. The van der Waals surface area contributed by atoms with Gasteiger partial charge in [0.2, 0.25) is 5.91 Å². The summed E-state index contributed by atoms with van der Waals surface area (Å²) in [6.45, 7) is 4.89. The van der Waals surface area contributed by atoms with E-state index in [0.717, 1.165) is 18.4 Å². The molecule has 3 rings (SSSR count). The normalized spacial score (nSPS) is 13.6. The van der Waals surface area contributed by atoms with E-state index in [4.69, 9.17) is 21.1 Å². The maximum atomic E-state index is 13.1. The lowest BCUT2D eigenvalue weighted by Crippen LogP contribution is -2.28. The fourth-order valence-corrected chi connectivity index (χ4v) is 3.45. The molecule has 0 bridgehead atoms. The minimum absolute atomic E-state index is 0.0248. The van der Waals surface area contributed by atoms with Crippen LogP contribution in [0.15, 0.2) is 18.2 Å². The molecular formula is C20H24ClF2N3O3. The van der Waals surface area contributed by atoms with Gasteiger partial charge in [-0.25, -0.2) is 8.78 Å². The van der Waals surface area contributed by atoms with Crippen molar-refractivity contribution < 1.29 is 23.0 Å². The van der Waals surface area contributed by atoms with E-state index in [1.165, 1.54) is 4.68 Å². The molecule has 0 spiro atoms. The van der Waals surface area contributed by atoms with Gasteiger partial charge in [0.1, 0.15) is 12.2 Å². The van der Waals surface area contributed by atoms with Crippen LogP contribution in [0.25, 0.3) is 0 Å². The van der Waals surface area contributed by atoms with Gasteiger partial charge in [-0.15, -0.1) is 0 Å². The van der Waals surface area contributed by atoms with E-state index in [9.17, 15) is 13.6 Å². The molecule has 0 unspecified atom stereocenters. The standard InChI is InChI=1S/C20H24ClF2N3O3/c1-3-28-14-8-5-12(9-15(14)29-4-2)10-24-16(27)11-26-19(13-6-7-13)17(21)18(25-26)20(22)23/h5,8-9,13,20H,3-4,6-7,10-11H2,1-2H3,(H,24,27). The molecule has 1 heterocycles. The van der Waals surface area contributed by atoms with Crippen molar-refractivity contribution in [2.75, 3.05) is 13.2 Å². The van der Waals surface area contributed by atoms with E-state index in [0.29, 0.717) is 30.4 Å². The summed E-state index contributed by atoms with van der Waals surface area (Å²) >= 11 is 6.08. The van der Waals surface area contributed by atoms with Crippen LogP contribution in [0.3, 0.4) is 0 Å². The fraction of sp³-hybridized carbons (Fsp3) is 0.500. The minimum Gasteiger partial charge on any atom is -0.490 e. The number of hydrogen-bond donors (Lipinski definition) is 1. The van der Waals surface area contributed by atoms with Gasteiger partial charge >= 0.3 is 0 Å². The van der Waals surface area contributed by atoms with E-state index >= 15 is 0 Å². The Morgan fingerprint density at radius 1 is 1.28 bits per heavy atom. The van der Waals surface area contributed by atoms with E-state index in [2.05, 4.69) is 10.4 Å². The van der Waals surface area contributed by atoms with Crippen LogP contribution in [0.1, 0.15) is 56.0 Å². The third kappa shape index (κ3) is 5.18. The maximum Gasteiger partial charge on any atom is 0.283 e. The van der Waals surface area contributed by atoms with Gasteiger partial charge in [0, 0.05) is 12.5 Å². The van der Waals surface area contributed by atoms with Gasteiger partial charge in [-0.1, -0.05) is 17.7 Å². The van der Waals surface area contributed by atoms with Crippen molar-refractivity contribution in [1.82, 2.24) is 15.1 Å². The van der Waals surface area contributed by atoms with Crippen molar-refractivity contribution in [3.63, 3.8) is 0 Å². The lowest BCUT2D eigenvalue weighted by molar-refractivity contribution is -0.122. The molecule has 1 aliphatic carbocycles. The zero-order chi connectivity index (χ0) is 21.0. The smallest absolute Gasteiger partial charge is 0.283 e. The first-order valence-electron chi connectivity index (χ1n) is 9.64. The molecule has 1 aromatic heterocycles. The zero-order valence-electron chi connectivity index (χ0n) is 16.4. The van der Waals surface area contributed by atoms with E-state index < -0.39 is 12.1 Å². The first kappa shape index (κ1) is 21.4. The molecule has 1 N–H and O–H groups in total. The molecular weight excluding hydrogens is 404 g/mol. The molecule has 9 heteroatoms. The summed E-state index contributed by atoms with van der Waals surface area (Å²) in [6, 6.07) is 5.44. The number of hydrogen-bond acceptors (Lipinski definition) is 4. The third-order valence-electron chi connectivity index (χ3n) is 4.52. The Labute approximate surface area is 173 Å². The molecule has 1 aromatic carbocycles. The van der Waals surface area contributed by atoms with Gasteiger partial charge in [-0.3, -0.25) is 9.48 Å². The van der Waals surface area contributed by atoms with Gasteiger partial charge in [0.15, 0.2) is 11.5 Å². The summed E-state index contributed by atoms with van der Waals surface area (Å²) in [4.78, 5) is 12.4. The highest BCUT2D eigenvalue weighted by Gasteiger charge is 2.34. The molecule has 1 amide bonds. The van der Waals surface area contributed by atoms with Crippen LogP contribution in [0.2, 0.25) is 5.02 Å². The highest BCUT2D eigenvalue weighted by molar-refractivity contribution is 6.32. The predicted molar refractivity (Wildman–Crippen MR) is 105 cm³/mol. The molecule has 158 valence electrons. The van der Waals surface area contributed by atoms with Crippen LogP contribution in [0, 0.1) is 0 Å². The number of alkyl halides is 2. The van der Waals surface area contributed by atoms with Gasteiger partial charge in [0.25, 0.3) is 6.43 Å². The quantitative estimate of drug-likeness (QED) is 0.607. The van der Waals surface area contributed by atoms with E-state index in [1.54, 1.807) is 6.07 Å². The number of aromatic nitrogens is 2. The number of carbonyl (C=O) groups is 1. The number of halogens is 3. The fourth-order valence-electron chi connectivity index (χ4n) is 3.08. The molecule has 0 radical (unpaired) electrons. The van der Waals surface area contributed by atoms with Crippen molar-refractivity contribution in [1.29, 1.82) is 0 Å². The van der Waals surface area contributed by atoms with Crippen LogP contribution in [0.4, 0.5) is 8.78 Å². The Kier molecular flexibility index (Phi) is 6.95. The first-order valence-corrected chi connectivity index (χ1v) is 10.0. The summed E-state index contributed by atoms with van der Waals surface area (Å²) < 4.78 is 38.6. The first-order chi connectivity index (χ1) is 13.9. The van der Waals surface area contributed by atoms with Crippen molar-refractivity contribution in [2.24, 2.45) is 0 Å². The average Bonchev–Trinajstić information content (AvgIpc) is 3.46. The predicted octanol–water partition coefficient (Wildman–Crippen LogP) is 4.47. The number of nitrogens with one attached hydrogen (secondary N) is 1. The Morgan fingerprint density at radius 2 is 1.97 bits per heavy atom. The Morgan fingerprint density at radius 3 is 2.59 bits per heavy atom. The highest BCUT2D eigenvalue weighted by Crippen LogP contribution is 2.45. The summed E-state index contributed by atoms with van der Waals surface area (Å²) in [6.07, 6.45) is -1.05. The molecule has 1 aliphatic rings. The molecule has 1 fully saturated rings. The van der Waals surface area contributed by atoms with Gasteiger partial charge in [-0.2, -0.15) is 5.10 Å². The number of ether oxygens (including phenoxy) is 2. The molecule has 2 aromatic rings. The van der Waals surface area contributed by atoms with Gasteiger partial charge < -0.3 is 14.8 Å². The van der Waals surface area contributed by atoms with Crippen LogP contribution in [-0.4, -0.2) is 28.9 Å². The second kappa shape index (κ2) is 9.43. The lowest BCUT2D eigenvalue weighted by Gasteiger charge is -2.13. The Hall–Kier alpha value is -2.35. The van der Waals surface area contributed by atoms with Crippen molar-refractivity contribution in [2.45, 2.75) is 52.1 Å². The number of carbonyl (C=O) groups excluding carboxylic acids is 1. The van der Waals surface area contributed by atoms with Crippen molar-refractivity contribution >= 4 is 17.5 Å². The number of amides is 1. The monoisotopic (exact) mass is 427 g/mol. The van der Waals surface area contributed by atoms with Crippen LogP contribution in [0.5, 0.6) is 11.5 Å². The molecule has 6 nitrogen and oxygen atoms in total. The highest BCUT2D eigenvalue weighted by atomic mass is 35.5. The lowest BCUT2D eigenvalue weighted by atomic mass is 10.2. The van der Waals surface area contributed by atoms with E-state index in [-0.39, 0.29) is 29.9 Å². The van der Waals surface area contributed by atoms with Crippen LogP contribution in [-0.2, 0) is 17.9 Å². The van der Waals surface area contributed by atoms with Crippen molar-refractivity contribution in [3.8, 4) is 11.5 Å². The second-order valence-electron chi connectivity index (χ2n) is 6.74. The van der Waals surface area contributed by atoms with Crippen LogP contribution < -0.4 is 14.8 Å². The summed E-state index contributed by atoms with van der Waals surface area (Å²) in [5.41, 5.74) is 0.894. The Balaban J connectivity index is 1.66. The summed E-state index contributed by atoms with van der Waals surface area (Å²) in [5, 5.41) is 6.63. The number of benzene rings is 1.